The molecule has 21 heavy (non-hydrogen) atoms. The highest BCUT2D eigenvalue weighted by Crippen LogP contribution is 2.25. The second-order valence-electron chi connectivity index (χ2n) is 5.32. The minimum absolute atomic E-state index is 0.202. The van der Waals surface area contributed by atoms with Crippen LogP contribution in [0.2, 0.25) is 0 Å². The summed E-state index contributed by atoms with van der Waals surface area (Å²) in [7, 11) is -3.90. The van der Waals surface area contributed by atoms with Crippen LogP contribution in [0.1, 0.15) is 19.4 Å². The second kappa shape index (κ2) is 5.86. The number of rotatable bonds is 4. The molecule has 0 radical (unpaired) electrons. The second-order valence-corrected chi connectivity index (χ2v) is 7.63. The van der Waals surface area contributed by atoms with Gasteiger partial charge in [0.1, 0.15) is 0 Å². The average Bonchev–Trinajstić information content (AvgIpc) is 2.75. The highest BCUT2D eigenvalue weighted by Gasteiger charge is 2.22. The van der Waals surface area contributed by atoms with E-state index < -0.39 is 10.0 Å². The number of aryl methyl sites for hydroxylation is 1. The van der Waals surface area contributed by atoms with E-state index in [0.717, 1.165) is 15.6 Å². The van der Waals surface area contributed by atoms with Crippen LogP contribution in [0.5, 0.6) is 0 Å². The number of hydrogen-bond acceptors (Lipinski definition) is 4. The van der Waals surface area contributed by atoms with Gasteiger partial charge in [-0.05, 0) is 30.5 Å². The third kappa shape index (κ3) is 3.50. The van der Waals surface area contributed by atoms with Gasteiger partial charge in [0.2, 0.25) is 0 Å². The maximum atomic E-state index is 11.6. The van der Waals surface area contributed by atoms with Gasteiger partial charge in [0.15, 0.2) is 5.82 Å². The summed E-state index contributed by atoms with van der Waals surface area (Å²) < 4.78 is 25.8. The van der Waals surface area contributed by atoms with Gasteiger partial charge in [-0.15, -0.1) is 10.2 Å². The molecule has 0 saturated heterocycles. The SMILES string of the molecule is Cc1cc(-c2nnc(S(N)(=O)=O)n2CC(C)C)ccc1Br. The van der Waals surface area contributed by atoms with Crippen LogP contribution in [0, 0.1) is 12.8 Å². The van der Waals surface area contributed by atoms with Crippen molar-refractivity contribution in [2.24, 2.45) is 11.1 Å². The summed E-state index contributed by atoms with van der Waals surface area (Å²) in [5.41, 5.74) is 1.84. The maximum absolute atomic E-state index is 11.6. The lowest BCUT2D eigenvalue weighted by atomic mass is 10.1. The summed E-state index contributed by atoms with van der Waals surface area (Å²) in [6.07, 6.45) is 0. The number of halogens is 1. The van der Waals surface area contributed by atoms with Gasteiger partial charge in [0.25, 0.3) is 15.2 Å². The van der Waals surface area contributed by atoms with Crippen LogP contribution in [-0.4, -0.2) is 23.2 Å². The molecule has 0 aliphatic rings. The fourth-order valence-electron chi connectivity index (χ4n) is 2.03. The molecule has 0 bridgehead atoms. The van der Waals surface area contributed by atoms with E-state index >= 15 is 0 Å². The molecule has 2 aromatic rings. The van der Waals surface area contributed by atoms with Gasteiger partial charge in [-0.2, -0.15) is 0 Å². The Morgan fingerprint density at radius 1 is 1.33 bits per heavy atom. The van der Waals surface area contributed by atoms with E-state index in [0.29, 0.717) is 12.4 Å². The standard InChI is InChI=1S/C13H17BrN4O2S/c1-8(2)7-18-12(16-17-13(18)21(15,19)20)10-4-5-11(14)9(3)6-10/h4-6,8H,7H2,1-3H3,(H2,15,19,20). The van der Waals surface area contributed by atoms with Gasteiger partial charge in [-0.3, -0.25) is 4.57 Å². The van der Waals surface area contributed by atoms with E-state index in [9.17, 15) is 8.42 Å². The highest BCUT2D eigenvalue weighted by atomic mass is 79.9. The first-order valence-corrected chi connectivity index (χ1v) is 8.76. The van der Waals surface area contributed by atoms with Crippen LogP contribution < -0.4 is 5.14 Å². The number of hydrogen-bond donors (Lipinski definition) is 1. The van der Waals surface area contributed by atoms with Crippen molar-refractivity contribution < 1.29 is 8.42 Å². The van der Waals surface area contributed by atoms with Crippen molar-refractivity contribution in [2.75, 3.05) is 0 Å². The molecule has 0 aliphatic heterocycles. The molecule has 8 heteroatoms. The zero-order valence-corrected chi connectivity index (χ0v) is 14.4. The molecule has 0 spiro atoms. The molecule has 0 fully saturated rings. The van der Waals surface area contributed by atoms with Gasteiger partial charge >= 0.3 is 0 Å². The molecular formula is C13H17BrN4O2S. The molecule has 1 aromatic carbocycles. The quantitative estimate of drug-likeness (QED) is 0.891. The molecule has 1 heterocycles. The van der Waals surface area contributed by atoms with Gasteiger partial charge in [-0.1, -0.05) is 35.8 Å². The summed E-state index contributed by atoms with van der Waals surface area (Å²) in [5.74, 6) is 0.736. The molecule has 0 saturated carbocycles. The summed E-state index contributed by atoms with van der Waals surface area (Å²) >= 11 is 3.44. The number of nitrogens with zero attached hydrogens (tertiary/aromatic N) is 3. The Kier molecular flexibility index (Phi) is 4.50. The number of nitrogens with two attached hydrogens (primary N) is 1. The van der Waals surface area contributed by atoms with Gasteiger partial charge in [0, 0.05) is 16.6 Å². The molecule has 0 aliphatic carbocycles. The first-order chi connectivity index (χ1) is 9.70. The van der Waals surface area contributed by atoms with E-state index in [2.05, 4.69) is 26.1 Å². The van der Waals surface area contributed by atoms with Crippen molar-refractivity contribution in [1.29, 1.82) is 0 Å². The van der Waals surface area contributed by atoms with Crippen LogP contribution in [0.25, 0.3) is 11.4 Å². The van der Waals surface area contributed by atoms with Crippen molar-refractivity contribution in [1.82, 2.24) is 14.8 Å². The molecule has 1 aromatic heterocycles. The zero-order chi connectivity index (χ0) is 15.8. The van der Waals surface area contributed by atoms with E-state index in [1.54, 1.807) is 4.57 Å². The first-order valence-electron chi connectivity index (χ1n) is 6.42. The van der Waals surface area contributed by atoms with Crippen molar-refractivity contribution in [3.05, 3.63) is 28.2 Å². The van der Waals surface area contributed by atoms with Crippen molar-refractivity contribution >= 4 is 26.0 Å². The largest absolute Gasteiger partial charge is 0.296 e. The number of aromatic nitrogens is 3. The van der Waals surface area contributed by atoms with Crippen molar-refractivity contribution in [2.45, 2.75) is 32.5 Å². The van der Waals surface area contributed by atoms with Crippen LogP contribution in [-0.2, 0) is 16.6 Å². The fourth-order valence-corrected chi connectivity index (χ4v) is 2.90. The van der Waals surface area contributed by atoms with E-state index in [1.165, 1.54) is 0 Å². The van der Waals surface area contributed by atoms with Crippen molar-refractivity contribution in [3.63, 3.8) is 0 Å². The van der Waals surface area contributed by atoms with Gasteiger partial charge in [-0.25, -0.2) is 13.6 Å². The molecular weight excluding hydrogens is 356 g/mol. The number of sulfonamides is 1. The monoisotopic (exact) mass is 372 g/mol. The third-order valence-corrected chi connectivity index (χ3v) is 4.64. The first kappa shape index (κ1) is 16.1. The zero-order valence-electron chi connectivity index (χ0n) is 12.0. The molecule has 6 nitrogen and oxygen atoms in total. The average molecular weight is 373 g/mol. The summed E-state index contributed by atoms with van der Waals surface area (Å²) in [6, 6.07) is 5.69. The molecule has 2 N–H and O–H groups in total. The van der Waals surface area contributed by atoms with Gasteiger partial charge < -0.3 is 0 Å². The third-order valence-electron chi connectivity index (χ3n) is 2.94. The predicted octanol–water partition coefficient (Wildman–Crippen LogP) is 2.32. The molecule has 0 atom stereocenters. The Morgan fingerprint density at radius 3 is 2.52 bits per heavy atom. The fraction of sp³-hybridized carbons (Fsp3) is 0.385. The van der Waals surface area contributed by atoms with Crippen LogP contribution >= 0.6 is 15.9 Å². The van der Waals surface area contributed by atoms with E-state index in [-0.39, 0.29) is 11.1 Å². The lowest BCUT2D eigenvalue weighted by Gasteiger charge is -2.12. The number of benzene rings is 1. The number of primary sulfonamides is 1. The van der Waals surface area contributed by atoms with E-state index in [1.807, 2.05) is 39.0 Å². The predicted molar refractivity (Wildman–Crippen MR) is 84.1 cm³/mol. The van der Waals surface area contributed by atoms with Gasteiger partial charge in [0.05, 0.1) is 0 Å². The lowest BCUT2D eigenvalue weighted by molar-refractivity contribution is 0.486. The molecule has 114 valence electrons. The Morgan fingerprint density at radius 2 is 2.00 bits per heavy atom. The molecule has 0 amide bonds. The summed E-state index contributed by atoms with van der Waals surface area (Å²) in [5, 5.41) is 12.8. The Bertz CT molecular complexity index is 768. The topological polar surface area (TPSA) is 90.9 Å². The van der Waals surface area contributed by atoms with E-state index in [4.69, 9.17) is 5.14 Å². The Balaban J connectivity index is 2.63. The lowest BCUT2D eigenvalue weighted by Crippen LogP contribution is -2.20. The minimum atomic E-state index is -3.90. The smallest absolute Gasteiger partial charge is 0.273 e. The van der Waals surface area contributed by atoms with Crippen molar-refractivity contribution in [3.8, 4) is 11.4 Å². The maximum Gasteiger partial charge on any atom is 0.273 e. The molecule has 0 unspecified atom stereocenters. The van der Waals surface area contributed by atoms with Crippen LogP contribution in [0.15, 0.2) is 27.8 Å². The Hall–Kier alpha value is -1.25. The Labute approximate surface area is 132 Å². The summed E-state index contributed by atoms with van der Waals surface area (Å²) in [6.45, 7) is 6.41. The summed E-state index contributed by atoms with van der Waals surface area (Å²) in [4.78, 5) is 0. The van der Waals surface area contributed by atoms with Crippen LogP contribution in [0.4, 0.5) is 0 Å². The molecule has 2 rings (SSSR count). The minimum Gasteiger partial charge on any atom is -0.296 e. The highest BCUT2D eigenvalue weighted by molar-refractivity contribution is 9.10. The normalized spacial score (nSPS) is 12.1. The van der Waals surface area contributed by atoms with Crippen LogP contribution in [0.3, 0.4) is 0 Å².